The Bertz CT molecular complexity index is 961. The SMILES string of the molecule is CCCC(NC(=O)Cc1cc(F)cc(F)c1)C(=O)Nc1ccc(CCC(C)N2CCOCC2)cn1. The van der Waals surface area contributed by atoms with E-state index in [-0.39, 0.29) is 17.9 Å². The van der Waals surface area contributed by atoms with Gasteiger partial charge in [-0.05, 0) is 55.5 Å². The number of carbonyl (C=O) groups is 2. The van der Waals surface area contributed by atoms with Crippen LogP contribution in [0.5, 0.6) is 0 Å². The minimum atomic E-state index is -0.776. The standard InChI is InChI=1S/C26H34F2N4O3/c1-3-4-23(30-25(33)15-20-13-21(27)16-22(28)14-20)26(34)31-24-8-7-19(17-29-24)6-5-18(2)32-9-11-35-12-10-32/h7-8,13-14,16-18,23H,3-6,9-12,15H2,1-2H3,(H,30,33)(H,29,31,34). The summed E-state index contributed by atoms with van der Waals surface area (Å²) in [7, 11) is 0. The van der Waals surface area contributed by atoms with Gasteiger partial charge in [0.05, 0.1) is 19.6 Å². The van der Waals surface area contributed by atoms with Crippen LogP contribution in [0.4, 0.5) is 14.6 Å². The number of nitrogens with one attached hydrogen (secondary N) is 2. The van der Waals surface area contributed by atoms with Crippen LogP contribution in [0.3, 0.4) is 0 Å². The van der Waals surface area contributed by atoms with Crippen molar-refractivity contribution in [3.05, 3.63) is 59.3 Å². The molecular formula is C26H34F2N4O3. The van der Waals surface area contributed by atoms with E-state index in [1.807, 2.05) is 13.0 Å². The van der Waals surface area contributed by atoms with Gasteiger partial charge in [-0.25, -0.2) is 13.8 Å². The predicted molar refractivity (Wildman–Crippen MR) is 130 cm³/mol. The first-order valence-electron chi connectivity index (χ1n) is 12.2. The van der Waals surface area contributed by atoms with Crippen LogP contribution in [0.15, 0.2) is 36.5 Å². The van der Waals surface area contributed by atoms with E-state index >= 15 is 0 Å². The summed E-state index contributed by atoms with van der Waals surface area (Å²) in [6.45, 7) is 7.60. The molecule has 9 heteroatoms. The number of amides is 2. The maximum Gasteiger partial charge on any atom is 0.248 e. The third-order valence-electron chi connectivity index (χ3n) is 6.11. The molecule has 1 aliphatic rings. The molecule has 2 atom stereocenters. The molecule has 0 aliphatic carbocycles. The molecule has 2 aromatic rings. The van der Waals surface area contributed by atoms with Gasteiger partial charge in [-0.2, -0.15) is 0 Å². The highest BCUT2D eigenvalue weighted by Gasteiger charge is 2.21. The van der Waals surface area contributed by atoms with Crippen LogP contribution in [0, 0.1) is 11.6 Å². The number of halogens is 2. The molecule has 1 aromatic heterocycles. The van der Waals surface area contributed by atoms with Crippen molar-refractivity contribution in [2.75, 3.05) is 31.6 Å². The van der Waals surface area contributed by atoms with Gasteiger partial charge >= 0.3 is 0 Å². The van der Waals surface area contributed by atoms with Crippen molar-refractivity contribution in [1.82, 2.24) is 15.2 Å². The number of hydrogen-bond donors (Lipinski definition) is 2. The number of pyridine rings is 1. The molecular weight excluding hydrogens is 454 g/mol. The first-order chi connectivity index (χ1) is 16.8. The quantitative estimate of drug-likeness (QED) is 0.506. The van der Waals surface area contributed by atoms with Crippen LogP contribution in [0.25, 0.3) is 0 Å². The Kier molecular flexibility index (Phi) is 10.1. The molecule has 2 unspecified atom stereocenters. The van der Waals surface area contributed by atoms with Crippen LogP contribution >= 0.6 is 0 Å². The zero-order chi connectivity index (χ0) is 25.2. The van der Waals surface area contributed by atoms with E-state index in [1.165, 1.54) is 0 Å². The highest BCUT2D eigenvalue weighted by molar-refractivity contribution is 5.96. The lowest BCUT2D eigenvalue weighted by atomic mass is 10.1. The number of hydrogen-bond acceptors (Lipinski definition) is 5. The summed E-state index contributed by atoms with van der Waals surface area (Å²) in [6, 6.07) is 6.34. The van der Waals surface area contributed by atoms with Gasteiger partial charge in [0, 0.05) is 31.4 Å². The first kappa shape index (κ1) is 26.7. The van der Waals surface area contributed by atoms with Crippen molar-refractivity contribution >= 4 is 17.6 Å². The van der Waals surface area contributed by atoms with Crippen LogP contribution in [0.1, 0.15) is 44.2 Å². The minimum Gasteiger partial charge on any atom is -0.379 e. The third kappa shape index (κ3) is 8.67. The minimum absolute atomic E-state index is 0.204. The van der Waals surface area contributed by atoms with Gasteiger partial charge in [0.15, 0.2) is 0 Å². The number of anilines is 1. The molecule has 3 rings (SSSR count). The van der Waals surface area contributed by atoms with Gasteiger partial charge < -0.3 is 15.4 Å². The maximum absolute atomic E-state index is 13.4. The van der Waals surface area contributed by atoms with E-state index in [4.69, 9.17) is 4.74 Å². The number of morpholine rings is 1. The topological polar surface area (TPSA) is 83.6 Å². The largest absolute Gasteiger partial charge is 0.379 e. The lowest BCUT2D eigenvalue weighted by Crippen LogP contribution is -2.44. The molecule has 2 heterocycles. The maximum atomic E-state index is 13.4. The number of carbonyl (C=O) groups excluding carboxylic acids is 2. The van der Waals surface area contributed by atoms with Gasteiger partial charge in [0.25, 0.3) is 0 Å². The molecule has 2 amide bonds. The molecule has 0 bridgehead atoms. The van der Waals surface area contributed by atoms with Gasteiger partial charge in [0.2, 0.25) is 11.8 Å². The van der Waals surface area contributed by atoms with Gasteiger partial charge in [0.1, 0.15) is 23.5 Å². The molecule has 0 saturated carbocycles. The second-order valence-corrected chi connectivity index (χ2v) is 8.94. The average molecular weight is 489 g/mol. The molecule has 1 saturated heterocycles. The number of aromatic nitrogens is 1. The number of aryl methyl sites for hydroxylation is 1. The van der Waals surface area contributed by atoms with Gasteiger partial charge in [-0.1, -0.05) is 19.4 Å². The van der Waals surface area contributed by atoms with E-state index in [0.717, 1.165) is 62.9 Å². The molecule has 35 heavy (non-hydrogen) atoms. The Morgan fingerprint density at radius 2 is 1.80 bits per heavy atom. The Morgan fingerprint density at radius 1 is 1.09 bits per heavy atom. The fourth-order valence-corrected chi connectivity index (χ4v) is 4.14. The van der Waals surface area contributed by atoms with Crippen molar-refractivity contribution < 1.29 is 23.1 Å². The summed E-state index contributed by atoms with van der Waals surface area (Å²) >= 11 is 0. The van der Waals surface area contributed by atoms with Crippen LogP contribution in [-0.2, 0) is 27.2 Å². The van der Waals surface area contributed by atoms with Crippen molar-refractivity contribution in [2.24, 2.45) is 0 Å². The van der Waals surface area contributed by atoms with Crippen LogP contribution in [-0.4, -0.2) is 60.1 Å². The molecule has 0 spiro atoms. The van der Waals surface area contributed by atoms with Crippen molar-refractivity contribution in [2.45, 2.75) is 58.0 Å². The van der Waals surface area contributed by atoms with E-state index in [9.17, 15) is 18.4 Å². The fraction of sp³-hybridized carbons (Fsp3) is 0.500. The van der Waals surface area contributed by atoms with Crippen molar-refractivity contribution in [1.29, 1.82) is 0 Å². The highest BCUT2D eigenvalue weighted by Crippen LogP contribution is 2.14. The number of benzene rings is 1. The van der Waals surface area contributed by atoms with E-state index in [1.54, 1.807) is 12.3 Å². The zero-order valence-electron chi connectivity index (χ0n) is 20.4. The molecule has 7 nitrogen and oxygen atoms in total. The summed E-state index contributed by atoms with van der Waals surface area (Å²) in [4.78, 5) is 32.0. The molecule has 1 fully saturated rings. The average Bonchev–Trinajstić information content (AvgIpc) is 2.83. The monoisotopic (exact) mass is 488 g/mol. The second kappa shape index (κ2) is 13.3. The predicted octanol–water partition coefficient (Wildman–Crippen LogP) is 3.48. The van der Waals surface area contributed by atoms with E-state index in [2.05, 4.69) is 27.4 Å². The first-order valence-corrected chi connectivity index (χ1v) is 12.2. The Morgan fingerprint density at radius 3 is 2.43 bits per heavy atom. The highest BCUT2D eigenvalue weighted by atomic mass is 19.1. The molecule has 1 aliphatic heterocycles. The summed E-state index contributed by atoms with van der Waals surface area (Å²) in [5.74, 6) is -1.96. The lowest BCUT2D eigenvalue weighted by molar-refractivity contribution is -0.126. The number of ether oxygens (including phenoxy) is 1. The smallest absolute Gasteiger partial charge is 0.248 e. The van der Waals surface area contributed by atoms with Crippen molar-refractivity contribution in [3.8, 4) is 0 Å². The second-order valence-electron chi connectivity index (χ2n) is 8.94. The Balaban J connectivity index is 1.50. The van der Waals surface area contributed by atoms with Crippen molar-refractivity contribution in [3.63, 3.8) is 0 Å². The fourth-order valence-electron chi connectivity index (χ4n) is 4.14. The number of nitrogens with zero attached hydrogens (tertiary/aromatic N) is 2. The normalized spacial score (nSPS) is 15.9. The van der Waals surface area contributed by atoms with Crippen LogP contribution < -0.4 is 10.6 Å². The zero-order valence-corrected chi connectivity index (χ0v) is 20.4. The lowest BCUT2D eigenvalue weighted by Gasteiger charge is -2.32. The Labute approximate surface area is 205 Å². The number of rotatable bonds is 11. The summed E-state index contributed by atoms with van der Waals surface area (Å²) in [6.07, 6.45) is 4.51. The van der Waals surface area contributed by atoms with E-state index < -0.39 is 23.6 Å². The van der Waals surface area contributed by atoms with Gasteiger partial charge in [-0.3, -0.25) is 14.5 Å². The van der Waals surface area contributed by atoms with E-state index in [0.29, 0.717) is 24.7 Å². The molecule has 0 radical (unpaired) electrons. The summed E-state index contributed by atoms with van der Waals surface area (Å²) in [5.41, 5.74) is 1.29. The van der Waals surface area contributed by atoms with Crippen LogP contribution in [0.2, 0.25) is 0 Å². The summed E-state index contributed by atoms with van der Waals surface area (Å²) in [5, 5.41) is 5.41. The Hall–Kier alpha value is -2.91. The van der Waals surface area contributed by atoms with Gasteiger partial charge in [-0.15, -0.1) is 0 Å². The molecule has 190 valence electrons. The third-order valence-corrected chi connectivity index (χ3v) is 6.11. The molecule has 1 aromatic carbocycles. The summed E-state index contributed by atoms with van der Waals surface area (Å²) < 4.78 is 32.2. The molecule has 2 N–H and O–H groups in total.